The molecule has 19 heavy (non-hydrogen) atoms. The number of benzene rings is 1. The van der Waals surface area contributed by atoms with Gasteiger partial charge in [-0.3, -0.25) is 0 Å². The zero-order valence-electron chi connectivity index (χ0n) is 9.94. The van der Waals surface area contributed by atoms with Crippen LogP contribution in [0.25, 0.3) is 0 Å². The van der Waals surface area contributed by atoms with Crippen LogP contribution >= 0.6 is 39.1 Å². The third-order valence-corrected chi connectivity index (χ3v) is 5.77. The fourth-order valence-electron chi connectivity index (χ4n) is 1.40. The molecule has 0 atom stereocenters. The molecule has 0 aliphatic rings. The fourth-order valence-corrected chi connectivity index (χ4v) is 4.33. The Kier molecular flexibility index (Phi) is 6.08. The quantitative estimate of drug-likeness (QED) is 0.546. The summed E-state index contributed by atoms with van der Waals surface area (Å²) in [6.45, 7) is 7.45. The van der Waals surface area contributed by atoms with Crippen LogP contribution in [-0.2, 0) is 10.0 Å². The highest BCUT2D eigenvalue weighted by Gasteiger charge is 2.25. The van der Waals surface area contributed by atoms with Gasteiger partial charge in [-0.25, -0.2) is 8.42 Å². The molecule has 0 aromatic heterocycles. The van der Waals surface area contributed by atoms with E-state index in [-0.39, 0.29) is 28.0 Å². The first-order valence-corrected chi connectivity index (χ1v) is 8.20. The van der Waals surface area contributed by atoms with Crippen molar-refractivity contribution in [2.24, 2.45) is 0 Å². The largest absolute Gasteiger partial charge is 0.244 e. The Hall–Kier alpha value is -0.330. The summed E-state index contributed by atoms with van der Waals surface area (Å²) < 4.78 is 26.6. The van der Waals surface area contributed by atoms with E-state index in [9.17, 15) is 8.42 Å². The van der Waals surface area contributed by atoms with Gasteiger partial charge in [0.1, 0.15) is 0 Å². The molecule has 1 aromatic carbocycles. The van der Waals surface area contributed by atoms with E-state index in [1.165, 1.54) is 28.6 Å². The molecule has 0 radical (unpaired) electrons. The Morgan fingerprint density at radius 1 is 1.16 bits per heavy atom. The van der Waals surface area contributed by atoms with Crippen molar-refractivity contribution >= 4 is 49.2 Å². The highest BCUT2D eigenvalue weighted by Crippen LogP contribution is 2.33. The summed E-state index contributed by atoms with van der Waals surface area (Å²) in [6.07, 6.45) is 3.01. The molecule has 0 saturated carbocycles. The molecule has 0 amide bonds. The first-order chi connectivity index (χ1) is 8.84. The number of halogens is 3. The zero-order valence-corrected chi connectivity index (χ0v) is 13.9. The van der Waals surface area contributed by atoms with Crippen LogP contribution in [0.3, 0.4) is 0 Å². The van der Waals surface area contributed by atoms with Crippen molar-refractivity contribution in [1.29, 1.82) is 0 Å². The van der Waals surface area contributed by atoms with Gasteiger partial charge in [-0.1, -0.05) is 35.4 Å². The van der Waals surface area contributed by atoms with E-state index in [0.717, 1.165) is 0 Å². The Morgan fingerprint density at radius 2 is 1.63 bits per heavy atom. The van der Waals surface area contributed by atoms with Crippen molar-refractivity contribution < 1.29 is 8.42 Å². The summed E-state index contributed by atoms with van der Waals surface area (Å²) in [7, 11) is -3.69. The maximum absolute atomic E-state index is 12.5. The lowest BCUT2D eigenvalue weighted by Gasteiger charge is -2.20. The van der Waals surface area contributed by atoms with Crippen molar-refractivity contribution in [3.63, 3.8) is 0 Å². The minimum absolute atomic E-state index is 0.0607. The minimum atomic E-state index is -3.69. The van der Waals surface area contributed by atoms with Crippen LogP contribution in [0.1, 0.15) is 0 Å². The molecule has 0 spiro atoms. The molecule has 1 rings (SSSR count). The van der Waals surface area contributed by atoms with Crippen LogP contribution in [0.15, 0.2) is 46.8 Å². The Bertz CT molecular complexity index is 592. The SMILES string of the molecule is C=CCN(CC=C)S(=O)(=O)c1cc(Cl)c(Cl)cc1Br. The highest BCUT2D eigenvalue weighted by molar-refractivity contribution is 9.10. The highest BCUT2D eigenvalue weighted by atomic mass is 79.9. The van der Waals surface area contributed by atoms with Crippen molar-refractivity contribution in [2.75, 3.05) is 13.1 Å². The normalized spacial score (nSPS) is 11.6. The topological polar surface area (TPSA) is 37.4 Å². The molecule has 0 N–H and O–H groups in total. The molecular weight excluding hydrogens is 373 g/mol. The van der Waals surface area contributed by atoms with Crippen LogP contribution in [0.5, 0.6) is 0 Å². The van der Waals surface area contributed by atoms with E-state index in [0.29, 0.717) is 4.47 Å². The van der Waals surface area contributed by atoms with Crippen LogP contribution in [0.2, 0.25) is 10.0 Å². The molecule has 0 fully saturated rings. The van der Waals surface area contributed by atoms with Crippen LogP contribution in [0.4, 0.5) is 0 Å². The number of sulfonamides is 1. The smallest absolute Gasteiger partial charge is 0.207 e. The number of hydrogen-bond acceptors (Lipinski definition) is 2. The summed E-state index contributed by atoms with van der Waals surface area (Å²) in [5, 5.41) is 0.465. The van der Waals surface area contributed by atoms with Crippen molar-refractivity contribution in [3.05, 3.63) is 52.0 Å². The summed E-state index contributed by atoms with van der Waals surface area (Å²) in [5.41, 5.74) is 0. The fraction of sp³-hybridized carbons (Fsp3) is 0.167. The monoisotopic (exact) mass is 383 g/mol. The number of nitrogens with zero attached hydrogens (tertiary/aromatic N) is 1. The predicted molar refractivity (Wildman–Crippen MR) is 83.3 cm³/mol. The molecule has 104 valence electrons. The van der Waals surface area contributed by atoms with Gasteiger partial charge in [-0.15, -0.1) is 13.2 Å². The summed E-state index contributed by atoms with van der Waals surface area (Å²) in [6, 6.07) is 2.78. The molecular formula is C12H12BrCl2NO2S. The summed E-state index contributed by atoms with van der Waals surface area (Å²) in [4.78, 5) is 0.0607. The van der Waals surface area contributed by atoms with Gasteiger partial charge in [-0.2, -0.15) is 4.31 Å². The van der Waals surface area contributed by atoms with Gasteiger partial charge in [0.15, 0.2) is 0 Å². The van der Waals surface area contributed by atoms with E-state index in [2.05, 4.69) is 29.1 Å². The van der Waals surface area contributed by atoms with E-state index >= 15 is 0 Å². The van der Waals surface area contributed by atoms with Gasteiger partial charge in [0.05, 0.1) is 14.9 Å². The van der Waals surface area contributed by atoms with Crippen LogP contribution in [-0.4, -0.2) is 25.8 Å². The second kappa shape index (κ2) is 6.90. The van der Waals surface area contributed by atoms with Gasteiger partial charge >= 0.3 is 0 Å². The van der Waals surface area contributed by atoms with E-state index in [1.807, 2.05) is 0 Å². The molecule has 0 aliphatic carbocycles. The Morgan fingerprint density at radius 3 is 2.11 bits per heavy atom. The summed E-state index contributed by atoms with van der Waals surface area (Å²) in [5.74, 6) is 0. The van der Waals surface area contributed by atoms with Gasteiger partial charge in [0.25, 0.3) is 0 Å². The first-order valence-electron chi connectivity index (χ1n) is 5.21. The van der Waals surface area contributed by atoms with Crippen molar-refractivity contribution in [2.45, 2.75) is 4.90 Å². The molecule has 0 aliphatic heterocycles. The Balaban J connectivity index is 3.36. The third-order valence-electron chi connectivity index (χ3n) is 2.26. The zero-order chi connectivity index (χ0) is 14.6. The molecule has 0 unspecified atom stereocenters. The standard InChI is InChI=1S/C12H12BrCl2NO2S/c1-3-5-16(6-4-2)19(17,18)12-8-11(15)10(14)7-9(12)13/h3-4,7-8H,1-2,5-6H2. The predicted octanol–water partition coefficient (Wildman–Crippen LogP) is 4.12. The molecule has 0 saturated heterocycles. The van der Waals surface area contributed by atoms with Crippen LogP contribution < -0.4 is 0 Å². The number of hydrogen-bond donors (Lipinski definition) is 0. The second-order valence-electron chi connectivity index (χ2n) is 3.60. The molecule has 0 heterocycles. The lowest BCUT2D eigenvalue weighted by Crippen LogP contribution is -2.31. The molecule has 0 bridgehead atoms. The minimum Gasteiger partial charge on any atom is -0.207 e. The average Bonchev–Trinajstić information content (AvgIpc) is 2.33. The van der Waals surface area contributed by atoms with Crippen molar-refractivity contribution in [3.8, 4) is 0 Å². The van der Waals surface area contributed by atoms with Gasteiger partial charge in [0, 0.05) is 17.6 Å². The lowest BCUT2D eigenvalue weighted by molar-refractivity contribution is 0.474. The van der Waals surface area contributed by atoms with Gasteiger partial charge in [0.2, 0.25) is 10.0 Å². The lowest BCUT2D eigenvalue weighted by atomic mass is 10.4. The first kappa shape index (κ1) is 16.7. The van der Waals surface area contributed by atoms with Crippen LogP contribution in [0, 0.1) is 0 Å². The number of rotatable bonds is 6. The van der Waals surface area contributed by atoms with E-state index < -0.39 is 10.0 Å². The maximum Gasteiger partial charge on any atom is 0.244 e. The second-order valence-corrected chi connectivity index (χ2v) is 7.17. The van der Waals surface area contributed by atoms with Gasteiger partial charge in [-0.05, 0) is 28.1 Å². The van der Waals surface area contributed by atoms with E-state index in [4.69, 9.17) is 23.2 Å². The molecule has 3 nitrogen and oxygen atoms in total. The van der Waals surface area contributed by atoms with Crippen molar-refractivity contribution in [1.82, 2.24) is 4.31 Å². The summed E-state index contributed by atoms with van der Waals surface area (Å²) >= 11 is 14.9. The third kappa shape index (κ3) is 3.83. The average molecular weight is 385 g/mol. The molecule has 1 aromatic rings. The molecule has 7 heteroatoms. The Labute approximate surface area is 131 Å². The maximum atomic E-state index is 12.5. The van der Waals surface area contributed by atoms with Gasteiger partial charge < -0.3 is 0 Å². The van der Waals surface area contributed by atoms with E-state index in [1.54, 1.807) is 0 Å².